The number of nitrogens with one attached hydrogen (secondary N) is 3. The lowest BCUT2D eigenvalue weighted by Gasteiger charge is -2.25. The number of carbonyl (C=O) groups excluding carboxylic acids is 4. The fourth-order valence-corrected chi connectivity index (χ4v) is 3.70. The zero-order valence-corrected chi connectivity index (χ0v) is 21.5. The molecule has 0 aliphatic rings. The van der Waals surface area contributed by atoms with Crippen LogP contribution in [0.1, 0.15) is 31.2 Å². The molecule has 0 spiro atoms. The highest BCUT2D eigenvalue weighted by molar-refractivity contribution is 7.98. The van der Waals surface area contributed by atoms with Gasteiger partial charge in [0.05, 0.1) is 12.5 Å². The molecule has 0 heterocycles. The number of carboxylic acids is 2. The van der Waals surface area contributed by atoms with Crippen LogP contribution in [0.2, 0.25) is 0 Å². The van der Waals surface area contributed by atoms with E-state index in [0.717, 1.165) is 0 Å². The summed E-state index contributed by atoms with van der Waals surface area (Å²) in [4.78, 5) is 72.2. The molecule has 1 rings (SSSR count). The third kappa shape index (κ3) is 11.9. The molecule has 0 radical (unpaired) electrons. The van der Waals surface area contributed by atoms with Crippen molar-refractivity contribution in [2.24, 2.45) is 11.5 Å². The lowest BCUT2D eigenvalue weighted by Crippen LogP contribution is -2.57. The van der Waals surface area contributed by atoms with Crippen molar-refractivity contribution in [3.05, 3.63) is 29.8 Å². The molecule has 4 amide bonds. The summed E-state index contributed by atoms with van der Waals surface area (Å²) in [7, 11) is 0. The summed E-state index contributed by atoms with van der Waals surface area (Å²) in [5.41, 5.74) is 11.2. The molecule has 4 atom stereocenters. The van der Waals surface area contributed by atoms with Gasteiger partial charge in [-0.15, -0.1) is 0 Å². The average Bonchev–Trinajstić information content (AvgIpc) is 2.84. The maximum absolute atomic E-state index is 13.0. The van der Waals surface area contributed by atoms with E-state index in [2.05, 4.69) is 16.0 Å². The van der Waals surface area contributed by atoms with Crippen molar-refractivity contribution in [1.29, 1.82) is 0 Å². The predicted molar refractivity (Wildman–Crippen MR) is 137 cm³/mol. The van der Waals surface area contributed by atoms with Crippen LogP contribution in [0.25, 0.3) is 0 Å². The van der Waals surface area contributed by atoms with Crippen LogP contribution < -0.4 is 27.4 Å². The molecule has 10 N–H and O–H groups in total. The summed E-state index contributed by atoms with van der Waals surface area (Å²) in [6, 6.07) is 0.380. The normalized spacial score (nSPS) is 13.8. The minimum absolute atomic E-state index is 0.00796. The molecule has 0 aliphatic carbocycles. The van der Waals surface area contributed by atoms with Gasteiger partial charge < -0.3 is 42.7 Å². The van der Waals surface area contributed by atoms with E-state index in [4.69, 9.17) is 16.6 Å². The van der Waals surface area contributed by atoms with Crippen LogP contribution in [0.5, 0.6) is 5.75 Å². The Morgan fingerprint density at radius 2 is 1.39 bits per heavy atom. The Morgan fingerprint density at radius 3 is 1.89 bits per heavy atom. The van der Waals surface area contributed by atoms with E-state index < -0.39 is 66.2 Å². The summed E-state index contributed by atoms with van der Waals surface area (Å²) in [6.45, 7) is 0. The number of rotatable bonds is 17. The minimum Gasteiger partial charge on any atom is -0.508 e. The second-order valence-electron chi connectivity index (χ2n) is 8.38. The van der Waals surface area contributed by atoms with Gasteiger partial charge in [-0.05, 0) is 42.5 Å². The Labute approximate surface area is 222 Å². The summed E-state index contributed by atoms with van der Waals surface area (Å²) >= 11 is 1.37. The molecule has 0 saturated carbocycles. The fraction of sp³-hybridized carbons (Fsp3) is 0.478. The molecule has 0 aromatic heterocycles. The Morgan fingerprint density at radius 1 is 0.868 bits per heavy atom. The molecular formula is C23H33N5O9S. The fourth-order valence-electron chi connectivity index (χ4n) is 3.23. The van der Waals surface area contributed by atoms with E-state index >= 15 is 0 Å². The number of hydrogen-bond donors (Lipinski definition) is 8. The zero-order chi connectivity index (χ0) is 28.8. The molecule has 0 aliphatic heterocycles. The van der Waals surface area contributed by atoms with Gasteiger partial charge in [0.1, 0.15) is 23.9 Å². The number of phenols is 1. The number of nitrogens with two attached hydrogens (primary N) is 2. The number of benzene rings is 1. The first-order valence-electron chi connectivity index (χ1n) is 11.5. The molecule has 14 nitrogen and oxygen atoms in total. The molecule has 0 bridgehead atoms. The lowest BCUT2D eigenvalue weighted by atomic mass is 10.0. The van der Waals surface area contributed by atoms with Gasteiger partial charge in [0.25, 0.3) is 0 Å². The highest BCUT2D eigenvalue weighted by atomic mass is 32.2. The lowest BCUT2D eigenvalue weighted by molar-refractivity contribution is -0.142. The van der Waals surface area contributed by atoms with Crippen molar-refractivity contribution in [3.8, 4) is 5.75 Å². The third-order valence-corrected chi connectivity index (χ3v) is 5.92. The topological polar surface area (TPSA) is 251 Å². The van der Waals surface area contributed by atoms with Crippen LogP contribution in [-0.4, -0.2) is 87.1 Å². The van der Waals surface area contributed by atoms with Gasteiger partial charge in [-0.3, -0.25) is 24.0 Å². The van der Waals surface area contributed by atoms with E-state index in [1.54, 1.807) is 6.26 Å². The Bertz CT molecular complexity index is 1010. The average molecular weight is 556 g/mol. The van der Waals surface area contributed by atoms with Gasteiger partial charge in [0.15, 0.2) is 0 Å². The monoisotopic (exact) mass is 555 g/mol. The number of carboxylic acid groups (broad SMARTS) is 2. The van der Waals surface area contributed by atoms with E-state index in [-0.39, 0.29) is 31.4 Å². The SMILES string of the molecule is CSCCC(NC(=O)C(CCC(N)=O)NC(=O)C(N)CC(=O)O)C(=O)NC(Cc1ccc(O)cc1)C(=O)O. The number of hydrogen-bond acceptors (Lipinski definition) is 9. The third-order valence-electron chi connectivity index (χ3n) is 5.28. The van der Waals surface area contributed by atoms with Gasteiger partial charge in [0, 0.05) is 12.8 Å². The number of phenolic OH excluding ortho intramolecular Hbond substituents is 1. The molecule has 1 aromatic rings. The van der Waals surface area contributed by atoms with Crippen LogP contribution in [0.4, 0.5) is 0 Å². The number of aliphatic carboxylic acids is 2. The number of carbonyl (C=O) groups is 6. The first-order chi connectivity index (χ1) is 17.8. The molecule has 1 aromatic carbocycles. The predicted octanol–water partition coefficient (Wildman–Crippen LogP) is -1.71. The second-order valence-corrected chi connectivity index (χ2v) is 9.37. The maximum Gasteiger partial charge on any atom is 0.326 e. The number of aromatic hydroxyl groups is 1. The van der Waals surface area contributed by atoms with Gasteiger partial charge in [-0.2, -0.15) is 11.8 Å². The smallest absolute Gasteiger partial charge is 0.326 e. The van der Waals surface area contributed by atoms with Gasteiger partial charge in [0.2, 0.25) is 23.6 Å². The van der Waals surface area contributed by atoms with Crippen molar-refractivity contribution >= 4 is 47.3 Å². The number of amides is 4. The summed E-state index contributed by atoms with van der Waals surface area (Å²) in [5.74, 6) is -5.62. The minimum atomic E-state index is -1.47. The molecule has 4 unspecified atom stereocenters. The van der Waals surface area contributed by atoms with E-state index in [9.17, 15) is 39.0 Å². The van der Waals surface area contributed by atoms with Gasteiger partial charge in [-0.25, -0.2) is 4.79 Å². The summed E-state index contributed by atoms with van der Waals surface area (Å²) < 4.78 is 0. The van der Waals surface area contributed by atoms with E-state index in [0.29, 0.717) is 11.3 Å². The Hall–Kier alpha value is -3.85. The Kier molecular flexibility index (Phi) is 13.6. The van der Waals surface area contributed by atoms with Crippen LogP contribution in [-0.2, 0) is 35.2 Å². The van der Waals surface area contributed by atoms with Crippen molar-refractivity contribution in [1.82, 2.24) is 16.0 Å². The molecular weight excluding hydrogens is 522 g/mol. The van der Waals surface area contributed by atoms with Crippen molar-refractivity contribution in [2.75, 3.05) is 12.0 Å². The van der Waals surface area contributed by atoms with Crippen molar-refractivity contribution in [3.63, 3.8) is 0 Å². The van der Waals surface area contributed by atoms with Crippen molar-refractivity contribution in [2.45, 2.75) is 56.3 Å². The first-order valence-corrected chi connectivity index (χ1v) is 12.9. The molecule has 0 saturated heterocycles. The summed E-state index contributed by atoms with van der Waals surface area (Å²) in [6.07, 6.45) is 0.528. The molecule has 38 heavy (non-hydrogen) atoms. The van der Waals surface area contributed by atoms with Crippen molar-refractivity contribution < 1.29 is 44.1 Å². The highest BCUT2D eigenvalue weighted by Gasteiger charge is 2.30. The van der Waals surface area contributed by atoms with E-state index in [1.165, 1.54) is 36.0 Å². The van der Waals surface area contributed by atoms with Crippen LogP contribution in [0, 0.1) is 0 Å². The van der Waals surface area contributed by atoms with Gasteiger partial charge in [-0.1, -0.05) is 12.1 Å². The summed E-state index contributed by atoms with van der Waals surface area (Å²) in [5, 5.41) is 35.0. The number of primary amides is 1. The van der Waals surface area contributed by atoms with Gasteiger partial charge >= 0.3 is 11.9 Å². The first kappa shape index (κ1) is 32.2. The Balaban J connectivity index is 3.02. The maximum atomic E-state index is 13.0. The standard InChI is InChI=1S/C23H33N5O9S/c1-38-9-8-16(22(35)28-17(23(36)37)10-12-2-4-13(29)5-3-12)27-21(34)15(6-7-18(25)30)26-20(33)14(24)11-19(31)32/h2-5,14-17,29H,6-11,24H2,1H3,(H2,25,30)(H,26,33)(H,27,34)(H,28,35)(H,31,32)(H,36,37). The second kappa shape index (κ2) is 16.1. The largest absolute Gasteiger partial charge is 0.508 e. The molecule has 0 fully saturated rings. The van der Waals surface area contributed by atoms with Crippen LogP contribution in [0.3, 0.4) is 0 Å². The highest BCUT2D eigenvalue weighted by Crippen LogP contribution is 2.12. The molecule has 15 heteroatoms. The van der Waals surface area contributed by atoms with E-state index in [1.807, 2.05) is 0 Å². The quantitative estimate of drug-likeness (QED) is 0.107. The zero-order valence-electron chi connectivity index (χ0n) is 20.7. The molecule has 210 valence electrons. The number of thioether (sulfide) groups is 1. The van der Waals surface area contributed by atoms with Crippen LogP contribution in [0.15, 0.2) is 24.3 Å². The van der Waals surface area contributed by atoms with Crippen LogP contribution >= 0.6 is 11.8 Å².